The van der Waals surface area contributed by atoms with Crippen LogP contribution in [-0.4, -0.2) is 23.8 Å². The van der Waals surface area contributed by atoms with E-state index >= 15 is 0 Å². The Balaban J connectivity index is 2.90. The summed E-state index contributed by atoms with van der Waals surface area (Å²) in [5, 5.41) is 8.86. The van der Waals surface area contributed by atoms with Gasteiger partial charge in [-0.05, 0) is 12.5 Å². The zero-order valence-corrected chi connectivity index (χ0v) is 8.10. The Hall–Kier alpha value is -1.64. The van der Waals surface area contributed by atoms with Crippen molar-refractivity contribution in [3.63, 3.8) is 0 Å². The summed E-state index contributed by atoms with van der Waals surface area (Å²) >= 11 is 0. The van der Waals surface area contributed by atoms with E-state index in [0.29, 0.717) is 11.1 Å². The van der Waals surface area contributed by atoms with Gasteiger partial charge < -0.3 is 5.11 Å². The summed E-state index contributed by atoms with van der Waals surface area (Å²) in [6, 6.07) is 6.85. The number of rotatable bonds is 4. The predicted molar refractivity (Wildman–Crippen MR) is 56.2 cm³/mol. The molecule has 0 heterocycles. The Morgan fingerprint density at radius 1 is 1.50 bits per heavy atom. The SMILES string of the molecule is CCCN=Cc1ccccc1C(=O)O. The van der Waals surface area contributed by atoms with Crippen molar-refractivity contribution in [1.29, 1.82) is 0 Å². The Labute approximate surface area is 83.1 Å². The lowest BCUT2D eigenvalue weighted by molar-refractivity contribution is 0.0697. The van der Waals surface area contributed by atoms with Crippen molar-refractivity contribution in [1.82, 2.24) is 0 Å². The summed E-state index contributed by atoms with van der Waals surface area (Å²) in [4.78, 5) is 14.9. The Morgan fingerprint density at radius 3 is 2.86 bits per heavy atom. The standard InChI is InChI=1S/C11H13NO2/c1-2-7-12-8-9-5-3-4-6-10(9)11(13)14/h3-6,8H,2,7H2,1H3,(H,13,14). The minimum absolute atomic E-state index is 0.298. The van der Waals surface area contributed by atoms with Gasteiger partial charge in [-0.2, -0.15) is 0 Å². The molecule has 1 aromatic rings. The molecule has 3 heteroatoms. The van der Waals surface area contributed by atoms with Gasteiger partial charge in [0.2, 0.25) is 0 Å². The summed E-state index contributed by atoms with van der Waals surface area (Å²) in [5.74, 6) is -0.913. The molecular weight excluding hydrogens is 178 g/mol. The number of nitrogens with zero attached hydrogens (tertiary/aromatic N) is 1. The van der Waals surface area contributed by atoms with Gasteiger partial charge >= 0.3 is 5.97 Å². The predicted octanol–water partition coefficient (Wildman–Crippen LogP) is 2.21. The van der Waals surface area contributed by atoms with Gasteiger partial charge in [-0.1, -0.05) is 25.1 Å². The molecule has 0 aromatic heterocycles. The first-order chi connectivity index (χ1) is 6.75. The molecule has 0 aliphatic heterocycles. The van der Waals surface area contributed by atoms with Gasteiger partial charge in [-0.3, -0.25) is 4.99 Å². The molecule has 0 aliphatic rings. The average molecular weight is 191 g/mol. The van der Waals surface area contributed by atoms with Gasteiger partial charge in [0.15, 0.2) is 0 Å². The highest BCUT2D eigenvalue weighted by atomic mass is 16.4. The molecular formula is C11H13NO2. The van der Waals surface area contributed by atoms with Crippen LogP contribution >= 0.6 is 0 Å². The van der Waals surface area contributed by atoms with E-state index in [0.717, 1.165) is 13.0 Å². The summed E-state index contributed by atoms with van der Waals surface area (Å²) in [6.07, 6.45) is 2.58. The van der Waals surface area contributed by atoms with E-state index in [4.69, 9.17) is 5.11 Å². The molecule has 0 fully saturated rings. The van der Waals surface area contributed by atoms with Crippen LogP contribution in [0, 0.1) is 0 Å². The Bertz CT molecular complexity index is 345. The fourth-order valence-corrected chi connectivity index (χ4v) is 1.10. The lowest BCUT2D eigenvalue weighted by Gasteiger charge is -1.98. The van der Waals surface area contributed by atoms with Gasteiger partial charge in [-0.25, -0.2) is 4.79 Å². The summed E-state index contributed by atoms with van der Waals surface area (Å²) in [7, 11) is 0. The third kappa shape index (κ3) is 2.69. The Kier molecular flexibility index (Phi) is 3.85. The lowest BCUT2D eigenvalue weighted by Crippen LogP contribution is -2.01. The van der Waals surface area contributed by atoms with Crippen molar-refractivity contribution in [2.24, 2.45) is 4.99 Å². The molecule has 0 saturated carbocycles. The van der Waals surface area contributed by atoms with Crippen LogP contribution in [-0.2, 0) is 0 Å². The molecule has 1 aromatic carbocycles. The maximum atomic E-state index is 10.8. The summed E-state index contributed by atoms with van der Waals surface area (Å²) < 4.78 is 0. The highest BCUT2D eigenvalue weighted by Crippen LogP contribution is 2.05. The number of carbonyl (C=O) groups is 1. The minimum Gasteiger partial charge on any atom is -0.478 e. The largest absolute Gasteiger partial charge is 0.478 e. The first-order valence-electron chi connectivity index (χ1n) is 4.58. The van der Waals surface area contributed by atoms with Crippen LogP contribution < -0.4 is 0 Å². The number of carboxylic acids is 1. The summed E-state index contributed by atoms with van der Waals surface area (Å²) in [6.45, 7) is 2.76. The van der Waals surface area contributed by atoms with Crippen LogP contribution in [0.5, 0.6) is 0 Å². The van der Waals surface area contributed by atoms with E-state index in [2.05, 4.69) is 4.99 Å². The van der Waals surface area contributed by atoms with Crippen molar-refractivity contribution in [3.8, 4) is 0 Å². The second-order valence-electron chi connectivity index (χ2n) is 2.93. The van der Waals surface area contributed by atoms with E-state index in [-0.39, 0.29) is 0 Å². The smallest absolute Gasteiger partial charge is 0.336 e. The molecule has 3 nitrogen and oxygen atoms in total. The molecule has 14 heavy (non-hydrogen) atoms. The van der Waals surface area contributed by atoms with Crippen LogP contribution in [0.4, 0.5) is 0 Å². The molecule has 0 atom stereocenters. The van der Waals surface area contributed by atoms with Crippen molar-refractivity contribution in [2.75, 3.05) is 6.54 Å². The van der Waals surface area contributed by atoms with Crippen LogP contribution in [0.1, 0.15) is 29.3 Å². The van der Waals surface area contributed by atoms with Crippen molar-refractivity contribution in [2.45, 2.75) is 13.3 Å². The quantitative estimate of drug-likeness (QED) is 0.742. The molecule has 1 rings (SSSR count). The van der Waals surface area contributed by atoms with E-state index in [1.165, 1.54) is 0 Å². The topological polar surface area (TPSA) is 49.7 Å². The van der Waals surface area contributed by atoms with Crippen molar-refractivity contribution >= 4 is 12.2 Å². The number of hydrogen-bond acceptors (Lipinski definition) is 2. The first-order valence-corrected chi connectivity index (χ1v) is 4.58. The van der Waals surface area contributed by atoms with Gasteiger partial charge in [0, 0.05) is 18.3 Å². The zero-order chi connectivity index (χ0) is 10.4. The number of benzene rings is 1. The highest BCUT2D eigenvalue weighted by Gasteiger charge is 2.05. The zero-order valence-electron chi connectivity index (χ0n) is 8.10. The van der Waals surface area contributed by atoms with Gasteiger partial charge in [-0.15, -0.1) is 0 Å². The minimum atomic E-state index is -0.913. The molecule has 0 bridgehead atoms. The fourth-order valence-electron chi connectivity index (χ4n) is 1.10. The molecule has 74 valence electrons. The fraction of sp³-hybridized carbons (Fsp3) is 0.273. The second kappa shape index (κ2) is 5.17. The third-order valence-corrected chi connectivity index (χ3v) is 1.77. The molecule has 0 aliphatic carbocycles. The van der Waals surface area contributed by atoms with E-state index < -0.39 is 5.97 Å². The van der Waals surface area contributed by atoms with Crippen LogP contribution in [0.3, 0.4) is 0 Å². The average Bonchev–Trinajstić information content (AvgIpc) is 2.19. The highest BCUT2D eigenvalue weighted by molar-refractivity contribution is 5.98. The van der Waals surface area contributed by atoms with Gasteiger partial charge in [0.1, 0.15) is 0 Å². The lowest BCUT2D eigenvalue weighted by atomic mass is 10.1. The molecule has 0 spiro atoms. The number of aliphatic imine (C=N–C) groups is 1. The monoisotopic (exact) mass is 191 g/mol. The van der Waals surface area contributed by atoms with Gasteiger partial charge in [0.05, 0.1) is 5.56 Å². The Morgan fingerprint density at radius 2 is 2.21 bits per heavy atom. The van der Waals surface area contributed by atoms with Crippen LogP contribution in [0.25, 0.3) is 0 Å². The number of aromatic carboxylic acids is 1. The molecule has 1 N–H and O–H groups in total. The second-order valence-corrected chi connectivity index (χ2v) is 2.93. The normalized spacial score (nSPS) is 10.6. The van der Waals surface area contributed by atoms with E-state index in [1.807, 2.05) is 6.92 Å². The summed E-state index contributed by atoms with van der Waals surface area (Å²) in [5.41, 5.74) is 0.959. The first kappa shape index (κ1) is 10.4. The molecule has 0 saturated heterocycles. The van der Waals surface area contributed by atoms with Crippen LogP contribution in [0.2, 0.25) is 0 Å². The van der Waals surface area contributed by atoms with E-state index in [9.17, 15) is 4.79 Å². The van der Waals surface area contributed by atoms with Crippen LogP contribution in [0.15, 0.2) is 29.3 Å². The maximum absolute atomic E-state index is 10.8. The number of carboxylic acid groups (broad SMARTS) is 1. The molecule has 0 radical (unpaired) electrons. The number of hydrogen-bond donors (Lipinski definition) is 1. The maximum Gasteiger partial charge on any atom is 0.336 e. The third-order valence-electron chi connectivity index (χ3n) is 1.77. The molecule has 0 unspecified atom stereocenters. The van der Waals surface area contributed by atoms with Crippen molar-refractivity contribution < 1.29 is 9.90 Å². The van der Waals surface area contributed by atoms with E-state index in [1.54, 1.807) is 30.5 Å². The van der Waals surface area contributed by atoms with Crippen molar-refractivity contribution in [3.05, 3.63) is 35.4 Å². The molecule has 0 amide bonds. The van der Waals surface area contributed by atoms with Gasteiger partial charge in [0.25, 0.3) is 0 Å².